The van der Waals surface area contributed by atoms with Gasteiger partial charge in [0.2, 0.25) is 0 Å². The Labute approximate surface area is 205 Å². The molecule has 3 saturated carbocycles. The second-order valence-corrected chi connectivity index (χ2v) is 12.1. The first-order valence-corrected chi connectivity index (χ1v) is 14.3. The largest absolute Gasteiger partial charge is 0.479 e. The minimum absolute atomic E-state index is 0.177. The van der Waals surface area contributed by atoms with E-state index in [-0.39, 0.29) is 18.1 Å². The Morgan fingerprint density at radius 1 is 1.03 bits per heavy atom. The van der Waals surface area contributed by atoms with Gasteiger partial charge >= 0.3 is 12.0 Å². The third-order valence-corrected chi connectivity index (χ3v) is 9.22. The van der Waals surface area contributed by atoms with E-state index in [0.29, 0.717) is 5.92 Å². The first-order valence-electron chi connectivity index (χ1n) is 12.5. The van der Waals surface area contributed by atoms with Gasteiger partial charge in [0.15, 0.2) is 5.37 Å². The number of aromatic nitrogens is 1. The summed E-state index contributed by atoms with van der Waals surface area (Å²) in [5.74, 6) is 0.340. The molecule has 0 aliphatic heterocycles. The molecule has 0 saturated heterocycles. The fourth-order valence-electron chi connectivity index (χ4n) is 5.15. The fourth-order valence-corrected chi connectivity index (χ4v) is 6.75. The number of aliphatic carboxylic acids is 1. The van der Waals surface area contributed by atoms with E-state index in [4.69, 9.17) is 4.74 Å². The summed E-state index contributed by atoms with van der Waals surface area (Å²) in [6, 6.07) is 0.151. The summed E-state index contributed by atoms with van der Waals surface area (Å²) in [7, 11) is 0. The van der Waals surface area contributed by atoms with E-state index in [9.17, 15) is 14.7 Å². The highest BCUT2D eigenvalue weighted by atomic mass is 32.2. The van der Waals surface area contributed by atoms with Gasteiger partial charge in [0.1, 0.15) is 0 Å². The molecule has 184 valence electrons. The number of carboxylic acid groups (broad SMARTS) is 1. The van der Waals surface area contributed by atoms with E-state index in [1.54, 1.807) is 11.7 Å². The third kappa shape index (κ3) is 7.59. The number of nitrogens with zero attached hydrogens (tertiary/aromatic N) is 2. The molecule has 1 heterocycles. The number of carbonyl (C=O) groups excluding carboxylic acids is 1. The molecule has 2 amide bonds. The van der Waals surface area contributed by atoms with Crippen LogP contribution < -0.4 is 5.32 Å². The fraction of sp³-hybridized carbons (Fsp3) is 0.792. The van der Waals surface area contributed by atoms with Crippen molar-refractivity contribution in [3.8, 4) is 0 Å². The van der Waals surface area contributed by atoms with Gasteiger partial charge in [-0.1, -0.05) is 37.4 Å². The number of carbonyl (C=O) groups is 2. The number of hydrogen-bond donors (Lipinski definition) is 2. The predicted octanol–water partition coefficient (Wildman–Crippen LogP) is 5.37. The number of hydrogen-bond acceptors (Lipinski definition) is 6. The maximum Gasteiger partial charge on any atom is 0.337 e. The Bertz CT molecular complexity index is 743. The normalized spacial score (nSPS) is 25.2. The zero-order chi connectivity index (χ0) is 23.0. The summed E-state index contributed by atoms with van der Waals surface area (Å²) in [6.45, 7) is 1.75. The second kappa shape index (κ2) is 12.4. The topological polar surface area (TPSA) is 91.8 Å². The van der Waals surface area contributed by atoms with Gasteiger partial charge in [-0.2, -0.15) is 0 Å². The van der Waals surface area contributed by atoms with Gasteiger partial charge < -0.3 is 20.1 Å². The number of ether oxygens (including phenoxy) is 1. The first kappa shape index (κ1) is 24.8. The van der Waals surface area contributed by atoms with Crippen LogP contribution in [0.25, 0.3) is 0 Å². The highest BCUT2D eigenvalue weighted by Crippen LogP contribution is 2.34. The van der Waals surface area contributed by atoms with Crippen LogP contribution in [-0.4, -0.2) is 57.7 Å². The number of carboxylic acids is 1. The lowest BCUT2D eigenvalue weighted by Crippen LogP contribution is -2.55. The van der Waals surface area contributed by atoms with Crippen LogP contribution in [0.2, 0.25) is 0 Å². The highest BCUT2D eigenvalue weighted by molar-refractivity contribution is 8.02. The monoisotopic (exact) mass is 495 g/mol. The summed E-state index contributed by atoms with van der Waals surface area (Å²) >= 11 is 2.53. The molecule has 0 radical (unpaired) electrons. The Kier molecular flexibility index (Phi) is 9.32. The summed E-state index contributed by atoms with van der Waals surface area (Å²) < 4.78 is 6.72. The third-order valence-electron chi connectivity index (χ3n) is 7.19. The van der Waals surface area contributed by atoms with Crippen molar-refractivity contribution in [3.05, 3.63) is 11.7 Å². The number of rotatable bonds is 10. The van der Waals surface area contributed by atoms with Crippen molar-refractivity contribution < 1.29 is 19.4 Å². The van der Waals surface area contributed by atoms with Crippen LogP contribution in [-0.2, 0) is 9.53 Å². The molecule has 9 heteroatoms. The molecule has 1 aromatic rings. The van der Waals surface area contributed by atoms with Crippen LogP contribution in [0.1, 0.15) is 77.0 Å². The van der Waals surface area contributed by atoms with Crippen molar-refractivity contribution in [2.24, 2.45) is 11.8 Å². The SMILES string of the molecule is O=C(O)C(NC(=O)N(C1CCCCCC1)[C@H]1CC[C@H](COCC2CC2)CC1)Sc1cncs1. The molecule has 1 unspecified atom stereocenters. The summed E-state index contributed by atoms with van der Waals surface area (Å²) in [5.41, 5.74) is 1.67. The maximum atomic E-state index is 13.5. The van der Waals surface area contributed by atoms with Crippen molar-refractivity contribution >= 4 is 35.1 Å². The van der Waals surface area contributed by atoms with E-state index in [1.165, 1.54) is 37.0 Å². The van der Waals surface area contributed by atoms with E-state index < -0.39 is 11.3 Å². The Morgan fingerprint density at radius 2 is 1.64 bits per heavy atom. The van der Waals surface area contributed by atoms with Gasteiger partial charge in [0.25, 0.3) is 0 Å². The van der Waals surface area contributed by atoms with Gasteiger partial charge in [0, 0.05) is 25.3 Å². The number of thioether (sulfide) groups is 1. The Balaban J connectivity index is 1.38. The Morgan fingerprint density at radius 3 is 2.18 bits per heavy atom. The van der Waals surface area contributed by atoms with Gasteiger partial charge in [-0.15, -0.1) is 11.3 Å². The average molecular weight is 496 g/mol. The standard InChI is InChI=1S/C24H37N3O4S2/c28-23(29)22(33-21-13-25-16-32-21)26-24(30)27(19-5-3-1-2-4-6-19)20-11-9-18(10-12-20)15-31-14-17-7-8-17/h13,16-20,22H,1-12,14-15H2,(H,26,30)(H,28,29)/t18-,20-,22?. The van der Waals surface area contributed by atoms with Gasteiger partial charge in [0.05, 0.1) is 15.9 Å². The molecule has 0 spiro atoms. The lowest BCUT2D eigenvalue weighted by molar-refractivity contribution is -0.136. The molecule has 3 aliphatic carbocycles. The average Bonchev–Trinajstić information content (AvgIpc) is 3.55. The van der Waals surface area contributed by atoms with Crippen LogP contribution >= 0.6 is 23.1 Å². The molecule has 1 aromatic heterocycles. The molecule has 3 aliphatic rings. The van der Waals surface area contributed by atoms with E-state index in [0.717, 1.165) is 86.5 Å². The zero-order valence-corrected chi connectivity index (χ0v) is 21.0. The highest BCUT2D eigenvalue weighted by Gasteiger charge is 2.36. The summed E-state index contributed by atoms with van der Waals surface area (Å²) in [5, 5.41) is 11.6. The van der Waals surface area contributed by atoms with Crippen molar-refractivity contribution in [1.29, 1.82) is 0 Å². The van der Waals surface area contributed by atoms with Gasteiger partial charge in [-0.25, -0.2) is 9.59 Å². The van der Waals surface area contributed by atoms with Crippen LogP contribution in [0.4, 0.5) is 4.79 Å². The first-order chi connectivity index (χ1) is 16.1. The summed E-state index contributed by atoms with van der Waals surface area (Å²) in [4.78, 5) is 31.5. The van der Waals surface area contributed by atoms with Gasteiger partial charge in [-0.05, 0) is 63.2 Å². The molecule has 0 aromatic carbocycles. The zero-order valence-electron chi connectivity index (χ0n) is 19.3. The minimum Gasteiger partial charge on any atom is -0.479 e. The lowest BCUT2D eigenvalue weighted by Gasteiger charge is -2.41. The minimum atomic E-state index is -1.03. The molecule has 1 atom stereocenters. The number of thiazole rings is 1. The van der Waals surface area contributed by atoms with Crippen molar-refractivity contribution in [2.45, 2.75) is 98.7 Å². The Hall–Kier alpha value is -1.32. The molecule has 0 bridgehead atoms. The van der Waals surface area contributed by atoms with E-state index >= 15 is 0 Å². The molecule has 7 nitrogen and oxygen atoms in total. The van der Waals surface area contributed by atoms with Crippen molar-refractivity contribution in [3.63, 3.8) is 0 Å². The summed E-state index contributed by atoms with van der Waals surface area (Å²) in [6.07, 6.45) is 15.1. The quantitative estimate of drug-likeness (QED) is 0.258. The van der Waals surface area contributed by atoms with E-state index in [1.807, 2.05) is 4.90 Å². The smallest absolute Gasteiger partial charge is 0.337 e. The van der Waals surface area contributed by atoms with Crippen LogP contribution in [0.15, 0.2) is 15.9 Å². The molecular formula is C24H37N3O4S2. The van der Waals surface area contributed by atoms with Crippen LogP contribution in [0, 0.1) is 11.8 Å². The molecule has 2 N–H and O–H groups in total. The number of nitrogens with one attached hydrogen (secondary N) is 1. The predicted molar refractivity (Wildman–Crippen MR) is 131 cm³/mol. The molecule has 33 heavy (non-hydrogen) atoms. The van der Waals surface area contributed by atoms with Crippen molar-refractivity contribution in [1.82, 2.24) is 15.2 Å². The van der Waals surface area contributed by atoms with Crippen molar-refractivity contribution in [2.75, 3.05) is 13.2 Å². The van der Waals surface area contributed by atoms with Crippen LogP contribution in [0.5, 0.6) is 0 Å². The molecular weight excluding hydrogens is 458 g/mol. The maximum absolute atomic E-state index is 13.5. The number of amides is 2. The van der Waals surface area contributed by atoms with Crippen LogP contribution in [0.3, 0.4) is 0 Å². The molecule has 3 fully saturated rings. The van der Waals surface area contributed by atoms with E-state index in [2.05, 4.69) is 10.3 Å². The number of urea groups is 1. The lowest BCUT2D eigenvalue weighted by atomic mass is 9.85. The van der Waals surface area contributed by atoms with Gasteiger partial charge in [-0.3, -0.25) is 4.98 Å². The second-order valence-electron chi connectivity index (χ2n) is 9.81. The molecule has 4 rings (SSSR count).